The molecule has 112 valence electrons. The molecule has 0 fully saturated rings. The van der Waals surface area contributed by atoms with Gasteiger partial charge < -0.3 is 5.11 Å². The number of sulfonamides is 1. The van der Waals surface area contributed by atoms with Crippen LogP contribution in [-0.4, -0.2) is 24.5 Å². The van der Waals surface area contributed by atoms with Crippen molar-refractivity contribution in [3.63, 3.8) is 0 Å². The SMILES string of the molecule is O=C(O)c1csc(CNS(=O)(=O)c2cccc(Cl)c2F)n1. The lowest BCUT2D eigenvalue weighted by Crippen LogP contribution is -2.24. The van der Waals surface area contributed by atoms with Gasteiger partial charge in [0.25, 0.3) is 0 Å². The monoisotopic (exact) mass is 350 g/mol. The minimum absolute atomic E-state index is 0.178. The lowest BCUT2D eigenvalue weighted by Gasteiger charge is -2.07. The van der Waals surface area contributed by atoms with Gasteiger partial charge in [-0.05, 0) is 12.1 Å². The summed E-state index contributed by atoms with van der Waals surface area (Å²) in [6, 6.07) is 3.62. The molecule has 1 aromatic heterocycles. The molecule has 0 aliphatic carbocycles. The van der Waals surface area contributed by atoms with Gasteiger partial charge in [-0.2, -0.15) is 0 Å². The molecule has 0 amide bonds. The first-order valence-corrected chi connectivity index (χ1v) is 8.16. The van der Waals surface area contributed by atoms with E-state index in [0.29, 0.717) is 0 Å². The van der Waals surface area contributed by atoms with E-state index in [1.54, 1.807) is 0 Å². The van der Waals surface area contributed by atoms with Crippen molar-refractivity contribution in [2.45, 2.75) is 11.4 Å². The van der Waals surface area contributed by atoms with E-state index < -0.39 is 26.7 Å². The average Bonchev–Trinajstić information content (AvgIpc) is 2.88. The summed E-state index contributed by atoms with van der Waals surface area (Å²) in [7, 11) is -4.11. The first kappa shape index (κ1) is 15.8. The Kier molecular flexibility index (Phi) is 4.57. The number of rotatable bonds is 5. The molecule has 0 saturated carbocycles. The second-order valence-electron chi connectivity index (χ2n) is 3.81. The maximum Gasteiger partial charge on any atom is 0.355 e. The summed E-state index contributed by atoms with van der Waals surface area (Å²) in [5.74, 6) is -2.25. The van der Waals surface area contributed by atoms with E-state index in [4.69, 9.17) is 16.7 Å². The molecule has 2 aromatic rings. The van der Waals surface area contributed by atoms with Crippen LogP contribution in [0.5, 0.6) is 0 Å². The van der Waals surface area contributed by atoms with Crippen LogP contribution in [0.1, 0.15) is 15.5 Å². The van der Waals surface area contributed by atoms with Crippen molar-refractivity contribution in [3.8, 4) is 0 Å². The maximum absolute atomic E-state index is 13.7. The van der Waals surface area contributed by atoms with Gasteiger partial charge in [0, 0.05) is 5.38 Å². The molecule has 2 N–H and O–H groups in total. The van der Waals surface area contributed by atoms with Gasteiger partial charge in [-0.1, -0.05) is 17.7 Å². The van der Waals surface area contributed by atoms with Crippen molar-refractivity contribution < 1.29 is 22.7 Å². The lowest BCUT2D eigenvalue weighted by atomic mass is 10.3. The molecule has 1 heterocycles. The van der Waals surface area contributed by atoms with Crippen LogP contribution in [0.2, 0.25) is 5.02 Å². The van der Waals surface area contributed by atoms with Crippen LogP contribution in [-0.2, 0) is 16.6 Å². The summed E-state index contributed by atoms with van der Waals surface area (Å²) in [6.45, 7) is -0.244. The van der Waals surface area contributed by atoms with Crippen molar-refractivity contribution in [1.29, 1.82) is 0 Å². The molecule has 0 aliphatic rings. The van der Waals surface area contributed by atoms with Crippen LogP contribution in [0.15, 0.2) is 28.5 Å². The van der Waals surface area contributed by atoms with Crippen molar-refractivity contribution >= 4 is 38.9 Å². The second kappa shape index (κ2) is 6.06. The summed E-state index contributed by atoms with van der Waals surface area (Å²) in [6.07, 6.45) is 0. The molecule has 2 rings (SSSR count). The van der Waals surface area contributed by atoms with Gasteiger partial charge in [0.05, 0.1) is 11.6 Å². The number of carboxylic acids is 1. The van der Waals surface area contributed by atoms with Crippen molar-refractivity contribution in [2.75, 3.05) is 0 Å². The van der Waals surface area contributed by atoms with E-state index in [2.05, 4.69) is 9.71 Å². The standard InChI is InChI=1S/C11H8ClFN2O4S2/c12-6-2-1-3-8(10(6)13)21(18,19)14-4-9-15-7(5-20-9)11(16)17/h1-3,5,14H,4H2,(H,16,17). The summed E-state index contributed by atoms with van der Waals surface area (Å²) >= 11 is 6.51. The van der Waals surface area contributed by atoms with Gasteiger partial charge in [0.1, 0.15) is 9.90 Å². The van der Waals surface area contributed by atoms with E-state index >= 15 is 0 Å². The number of thiazole rings is 1. The Morgan fingerprint density at radius 3 is 2.81 bits per heavy atom. The predicted octanol–water partition coefficient (Wildman–Crippen LogP) is 2.11. The number of aromatic nitrogens is 1. The molecule has 0 saturated heterocycles. The van der Waals surface area contributed by atoms with Gasteiger partial charge in [0.2, 0.25) is 10.0 Å². The zero-order chi connectivity index (χ0) is 15.6. The maximum atomic E-state index is 13.7. The zero-order valence-corrected chi connectivity index (χ0v) is 12.6. The molecule has 0 atom stereocenters. The highest BCUT2D eigenvalue weighted by molar-refractivity contribution is 7.89. The first-order chi connectivity index (χ1) is 9.81. The Labute approximate surface area is 128 Å². The minimum atomic E-state index is -4.11. The number of carbonyl (C=O) groups is 1. The van der Waals surface area contributed by atoms with Gasteiger partial charge in [-0.3, -0.25) is 0 Å². The number of carboxylic acid groups (broad SMARTS) is 1. The lowest BCUT2D eigenvalue weighted by molar-refractivity contribution is 0.0691. The number of hydrogen-bond acceptors (Lipinski definition) is 5. The number of benzene rings is 1. The third-order valence-corrected chi connectivity index (χ3v) is 4.95. The van der Waals surface area contributed by atoms with Gasteiger partial charge in [0.15, 0.2) is 11.5 Å². The zero-order valence-electron chi connectivity index (χ0n) is 10.2. The van der Waals surface area contributed by atoms with Crippen molar-refractivity contribution in [1.82, 2.24) is 9.71 Å². The molecule has 6 nitrogen and oxygen atoms in total. The van der Waals surface area contributed by atoms with Crippen LogP contribution in [0.4, 0.5) is 4.39 Å². The topological polar surface area (TPSA) is 96.4 Å². The smallest absolute Gasteiger partial charge is 0.355 e. The molecule has 0 unspecified atom stereocenters. The fraction of sp³-hybridized carbons (Fsp3) is 0.0909. The molecule has 0 aliphatic heterocycles. The van der Waals surface area contributed by atoms with E-state index in [9.17, 15) is 17.6 Å². The molecule has 0 radical (unpaired) electrons. The van der Waals surface area contributed by atoms with E-state index in [0.717, 1.165) is 17.4 Å². The van der Waals surface area contributed by atoms with Gasteiger partial charge in [-0.15, -0.1) is 11.3 Å². The number of nitrogens with zero attached hydrogens (tertiary/aromatic N) is 1. The highest BCUT2D eigenvalue weighted by Gasteiger charge is 2.21. The Morgan fingerprint density at radius 1 is 1.48 bits per heavy atom. The van der Waals surface area contributed by atoms with Crippen LogP contribution >= 0.6 is 22.9 Å². The van der Waals surface area contributed by atoms with Crippen molar-refractivity contribution in [3.05, 3.63) is 45.1 Å². The average molecular weight is 351 g/mol. The van der Waals surface area contributed by atoms with E-state index in [1.165, 1.54) is 17.5 Å². The number of hydrogen-bond donors (Lipinski definition) is 2. The minimum Gasteiger partial charge on any atom is -0.476 e. The highest BCUT2D eigenvalue weighted by Crippen LogP contribution is 2.22. The molecule has 21 heavy (non-hydrogen) atoms. The van der Waals surface area contributed by atoms with Crippen LogP contribution in [0.25, 0.3) is 0 Å². The molecule has 0 spiro atoms. The Bertz CT molecular complexity index is 791. The van der Waals surface area contributed by atoms with Crippen LogP contribution in [0.3, 0.4) is 0 Å². The molecule has 1 aromatic carbocycles. The van der Waals surface area contributed by atoms with Crippen LogP contribution < -0.4 is 4.72 Å². The summed E-state index contributed by atoms with van der Waals surface area (Å²) in [5, 5.41) is 9.94. The molecule has 0 bridgehead atoms. The Morgan fingerprint density at radius 2 is 2.19 bits per heavy atom. The fourth-order valence-electron chi connectivity index (χ4n) is 1.42. The third-order valence-electron chi connectivity index (χ3n) is 2.39. The first-order valence-electron chi connectivity index (χ1n) is 5.42. The number of nitrogens with one attached hydrogen (secondary N) is 1. The Hall–Kier alpha value is -1.55. The van der Waals surface area contributed by atoms with Gasteiger partial charge >= 0.3 is 5.97 Å². The van der Waals surface area contributed by atoms with Crippen molar-refractivity contribution in [2.24, 2.45) is 0 Å². The Balaban J connectivity index is 2.18. The van der Waals surface area contributed by atoms with E-state index in [1.807, 2.05) is 0 Å². The normalized spacial score (nSPS) is 11.5. The number of aromatic carboxylic acids is 1. The summed E-state index contributed by atoms with van der Waals surface area (Å²) in [5.41, 5.74) is -0.178. The second-order valence-corrected chi connectivity index (χ2v) is 6.89. The molecular weight excluding hydrogens is 343 g/mol. The molecule has 10 heteroatoms. The number of halogens is 2. The summed E-state index contributed by atoms with van der Waals surface area (Å²) < 4.78 is 39.8. The predicted molar refractivity (Wildman–Crippen MR) is 74.5 cm³/mol. The summed E-state index contributed by atoms with van der Waals surface area (Å²) in [4.78, 5) is 13.8. The largest absolute Gasteiger partial charge is 0.476 e. The van der Waals surface area contributed by atoms with Gasteiger partial charge in [-0.25, -0.2) is 27.3 Å². The molecular formula is C11H8ClFN2O4S2. The van der Waals surface area contributed by atoms with E-state index in [-0.39, 0.29) is 22.3 Å². The fourth-order valence-corrected chi connectivity index (χ4v) is 3.53. The highest BCUT2D eigenvalue weighted by atomic mass is 35.5. The van der Waals surface area contributed by atoms with Crippen LogP contribution in [0, 0.1) is 5.82 Å². The third kappa shape index (κ3) is 3.56. The quantitative estimate of drug-likeness (QED) is 0.861.